The monoisotopic (exact) mass is 312 g/mol. The number of hydrogen-bond acceptors (Lipinski definition) is 3. The SMILES string of the molecule is CC1(C)[N+](=O)C(c2cccnc2Br)=[N+]([O-])C1(C)C. The zero-order chi connectivity index (χ0) is 13.7. The lowest BCUT2D eigenvalue weighted by Gasteiger charge is -2.22. The third kappa shape index (κ3) is 1.51. The number of hydrogen-bond donors (Lipinski definition) is 0. The lowest BCUT2D eigenvalue weighted by molar-refractivity contribution is -0.555. The predicted molar refractivity (Wildman–Crippen MR) is 71.5 cm³/mol. The van der Waals surface area contributed by atoms with Gasteiger partial charge in [-0.25, -0.2) is 4.98 Å². The Balaban J connectivity index is 2.70. The van der Waals surface area contributed by atoms with E-state index in [1.807, 2.05) is 0 Å². The van der Waals surface area contributed by atoms with E-state index >= 15 is 0 Å². The number of amidine groups is 1. The van der Waals surface area contributed by atoms with Crippen LogP contribution in [0.2, 0.25) is 0 Å². The minimum Gasteiger partial charge on any atom is -0.618 e. The molecule has 1 aliphatic heterocycles. The molecule has 0 fully saturated rings. The molecule has 0 aliphatic carbocycles. The molecule has 0 atom stereocenters. The van der Waals surface area contributed by atoms with Crippen molar-refractivity contribution in [3.05, 3.63) is 38.6 Å². The van der Waals surface area contributed by atoms with Gasteiger partial charge in [-0.05, 0) is 28.1 Å². The van der Waals surface area contributed by atoms with Crippen LogP contribution in [0.25, 0.3) is 0 Å². The Morgan fingerprint density at radius 2 is 1.89 bits per heavy atom. The molecule has 0 aromatic carbocycles. The fourth-order valence-corrected chi connectivity index (χ4v) is 2.31. The van der Waals surface area contributed by atoms with Crippen molar-refractivity contribution in [1.82, 2.24) is 4.98 Å². The first-order valence-electron chi connectivity index (χ1n) is 5.64. The molecule has 2 heterocycles. The zero-order valence-electron chi connectivity index (χ0n) is 10.8. The van der Waals surface area contributed by atoms with Gasteiger partial charge in [0.15, 0.2) is 5.56 Å². The van der Waals surface area contributed by atoms with E-state index in [1.54, 1.807) is 46.0 Å². The quantitative estimate of drug-likeness (QED) is 0.454. The third-order valence-corrected chi connectivity index (χ3v) is 4.53. The molecule has 5 nitrogen and oxygen atoms in total. The summed E-state index contributed by atoms with van der Waals surface area (Å²) in [4.78, 5) is 16.4. The Labute approximate surface area is 114 Å². The highest BCUT2D eigenvalue weighted by Gasteiger charge is 2.68. The molecule has 2 rings (SSSR count). The van der Waals surface area contributed by atoms with Gasteiger partial charge in [-0.15, -0.1) is 4.74 Å². The molecule has 0 radical (unpaired) electrons. The molecule has 0 N–H and O–H groups in total. The van der Waals surface area contributed by atoms with E-state index in [0.717, 1.165) is 9.50 Å². The highest BCUT2D eigenvalue weighted by molar-refractivity contribution is 9.10. The lowest BCUT2D eigenvalue weighted by Crippen LogP contribution is -2.50. The first-order valence-corrected chi connectivity index (χ1v) is 6.43. The molecular weight excluding hydrogens is 298 g/mol. The second kappa shape index (κ2) is 3.85. The van der Waals surface area contributed by atoms with Gasteiger partial charge in [-0.2, -0.15) is 0 Å². The van der Waals surface area contributed by atoms with Crippen molar-refractivity contribution in [2.45, 2.75) is 38.8 Å². The fourth-order valence-electron chi connectivity index (χ4n) is 1.88. The van der Waals surface area contributed by atoms with Crippen LogP contribution in [-0.2, 0) is 0 Å². The number of aromatic nitrogens is 1. The Bertz CT molecular complexity index is 564. The van der Waals surface area contributed by atoms with E-state index in [2.05, 4.69) is 20.9 Å². The highest BCUT2D eigenvalue weighted by Crippen LogP contribution is 2.35. The van der Waals surface area contributed by atoms with Crippen LogP contribution in [0.1, 0.15) is 33.3 Å². The number of pyridine rings is 1. The molecular formula is C12H15BrN3O2+. The molecule has 0 bridgehead atoms. The predicted octanol–water partition coefficient (Wildman–Crippen LogP) is 2.45. The van der Waals surface area contributed by atoms with E-state index in [1.165, 1.54) is 0 Å². The molecule has 1 aliphatic rings. The summed E-state index contributed by atoms with van der Waals surface area (Å²) in [7, 11) is 0. The third-order valence-electron chi connectivity index (χ3n) is 3.90. The standard InChI is InChI=1S/C12H15BrN3O2/c1-11(2)12(3,4)16(18)10(15(11)17)8-6-5-7-14-9(8)13/h5-7H,1-4H3/q+1. The molecule has 96 valence electrons. The van der Waals surface area contributed by atoms with Crippen molar-refractivity contribution in [1.29, 1.82) is 0 Å². The van der Waals surface area contributed by atoms with Gasteiger partial charge >= 0.3 is 5.84 Å². The molecule has 1 aromatic rings. The first kappa shape index (κ1) is 13.1. The van der Waals surface area contributed by atoms with E-state index in [-0.39, 0.29) is 5.84 Å². The van der Waals surface area contributed by atoms with Crippen LogP contribution in [0.3, 0.4) is 0 Å². The Morgan fingerprint density at radius 3 is 2.33 bits per heavy atom. The van der Waals surface area contributed by atoms with Crippen molar-refractivity contribution in [2.75, 3.05) is 0 Å². The van der Waals surface area contributed by atoms with Gasteiger partial charge in [-0.3, -0.25) is 0 Å². The summed E-state index contributed by atoms with van der Waals surface area (Å²) in [6, 6.07) is 3.41. The average molecular weight is 313 g/mol. The molecule has 0 amide bonds. The van der Waals surface area contributed by atoms with Crippen molar-refractivity contribution >= 4 is 21.8 Å². The Kier molecular flexibility index (Phi) is 2.81. The van der Waals surface area contributed by atoms with E-state index in [9.17, 15) is 10.1 Å². The van der Waals surface area contributed by atoms with Gasteiger partial charge in [0.05, 0.1) is 0 Å². The Hall–Kier alpha value is -1.30. The summed E-state index contributed by atoms with van der Waals surface area (Å²) >= 11 is 3.27. The molecule has 0 unspecified atom stereocenters. The van der Waals surface area contributed by atoms with E-state index in [4.69, 9.17) is 0 Å². The molecule has 1 aromatic heterocycles. The smallest absolute Gasteiger partial charge is 0.507 e. The summed E-state index contributed by atoms with van der Waals surface area (Å²) in [5.74, 6) is 0.102. The number of hydroxylamine groups is 1. The van der Waals surface area contributed by atoms with Gasteiger partial charge in [0.25, 0.3) is 5.54 Å². The van der Waals surface area contributed by atoms with E-state index in [0.29, 0.717) is 10.2 Å². The summed E-state index contributed by atoms with van der Waals surface area (Å²) in [5, 5.41) is 12.4. The maximum atomic E-state index is 12.4. The molecule has 6 heteroatoms. The largest absolute Gasteiger partial charge is 0.618 e. The summed E-state index contributed by atoms with van der Waals surface area (Å²) in [6.45, 7) is 7.06. The normalized spacial score (nSPS) is 21.5. The number of halogens is 1. The van der Waals surface area contributed by atoms with Crippen LogP contribution < -0.4 is 0 Å². The maximum absolute atomic E-state index is 12.4. The van der Waals surface area contributed by atoms with Gasteiger partial charge in [-0.1, -0.05) is 0 Å². The molecule has 18 heavy (non-hydrogen) atoms. The van der Waals surface area contributed by atoms with Gasteiger partial charge < -0.3 is 5.21 Å². The van der Waals surface area contributed by atoms with Crippen LogP contribution in [0, 0.1) is 10.1 Å². The van der Waals surface area contributed by atoms with Crippen LogP contribution in [0.15, 0.2) is 22.9 Å². The first-order chi connectivity index (χ1) is 8.21. The second-order valence-electron chi connectivity index (χ2n) is 5.37. The highest BCUT2D eigenvalue weighted by atomic mass is 79.9. The fraction of sp³-hybridized carbons (Fsp3) is 0.500. The lowest BCUT2D eigenvalue weighted by atomic mass is 9.84. The summed E-state index contributed by atoms with van der Waals surface area (Å²) in [6.07, 6.45) is 1.60. The summed E-state index contributed by atoms with van der Waals surface area (Å²) < 4.78 is 2.05. The van der Waals surface area contributed by atoms with Crippen LogP contribution in [-0.4, -0.2) is 31.4 Å². The van der Waals surface area contributed by atoms with Gasteiger partial charge in [0, 0.05) is 38.8 Å². The Morgan fingerprint density at radius 1 is 1.28 bits per heavy atom. The van der Waals surface area contributed by atoms with Gasteiger partial charge in [0.1, 0.15) is 9.36 Å². The minimum absolute atomic E-state index is 0.102. The van der Waals surface area contributed by atoms with Crippen molar-refractivity contribution < 1.29 is 9.50 Å². The maximum Gasteiger partial charge on any atom is 0.507 e. The molecule has 0 saturated carbocycles. The molecule has 0 spiro atoms. The van der Waals surface area contributed by atoms with Crippen molar-refractivity contribution in [3.8, 4) is 0 Å². The van der Waals surface area contributed by atoms with Crippen molar-refractivity contribution in [2.24, 2.45) is 0 Å². The van der Waals surface area contributed by atoms with Crippen LogP contribution in [0.4, 0.5) is 0 Å². The molecule has 0 saturated heterocycles. The number of nitrogens with zero attached hydrogens (tertiary/aromatic N) is 3. The van der Waals surface area contributed by atoms with Gasteiger partial charge in [0.2, 0.25) is 5.54 Å². The van der Waals surface area contributed by atoms with Crippen LogP contribution >= 0.6 is 15.9 Å². The topological polar surface area (TPSA) is 59.0 Å². The van der Waals surface area contributed by atoms with Crippen molar-refractivity contribution in [3.63, 3.8) is 0 Å². The number of rotatable bonds is 1. The van der Waals surface area contributed by atoms with Crippen LogP contribution in [0.5, 0.6) is 0 Å². The second-order valence-corrected chi connectivity index (χ2v) is 6.12. The zero-order valence-corrected chi connectivity index (χ0v) is 12.4. The summed E-state index contributed by atoms with van der Waals surface area (Å²) in [5.41, 5.74) is -1.10. The minimum atomic E-state index is -0.806. The average Bonchev–Trinajstić information content (AvgIpc) is 2.40. The number of nitroso groups, excluding NO2 is 1. The van der Waals surface area contributed by atoms with E-state index < -0.39 is 11.1 Å².